The fourth-order valence-electron chi connectivity index (χ4n) is 2.23. The Morgan fingerprint density at radius 3 is 3.00 bits per heavy atom. The van der Waals surface area contributed by atoms with Gasteiger partial charge in [0, 0.05) is 19.5 Å². The lowest BCUT2D eigenvalue weighted by Gasteiger charge is -2.36. The van der Waals surface area contributed by atoms with Crippen molar-refractivity contribution < 1.29 is 14.3 Å². The average Bonchev–Trinajstić information content (AvgIpc) is 2.30. The van der Waals surface area contributed by atoms with Gasteiger partial charge in [-0.2, -0.15) is 0 Å². The Labute approximate surface area is 95.1 Å². The summed E-state index contributed by atoms with van der Waals surface area (Å²) in [5, 5.41) is 2.75. The predicted octanol–water partition coefficient (Wildman–Crippen LogP) is -0.240. The first-order chi connectivity index (χ1) is 7.68. The largest absolute Gasteiger partial charge is 0.377 e. The molecule has 0 aromatic carbocycles. The van der Waals surface area contributed by atoms with E-state index in [9.17, 15) is 9.59 Å². The molecule has 0 radical (unpaired) electrons. The van der Waals surface area contributed by atoms with E-state index in [4.69, 9.17) is 4.74 Å². The molecule has 2 aliphatic heterocycles. The van der Waals surface area contributed by atoms with E-state index in [1.54, 1.807) is 0 Å². The van der Waals surface area contributed by atoms with Crippen molar-refractivity contribution in [2.45, 2.75) is 25.8 Å². The average molecular weight is 226 g/mol. The summed E-state index contributed by atoms with van der Waals surface area (Å²) < 4.78 is 5.30. The number of hydrogen-bond donors (Lipinski definition) is 1. The van der Waals surface area contributed by atoms with Crippen LogP contribution in [-0.4, -0.2) is 49.1 Å². The summed E-state index contributed by atoms with van der Waals surface area (Å²) in [6, 6.07) is 0.152. The van der Waals surface area contributed by atoms with Crippen LogP contribution in [0.4, 0.5) is 0 Å². The third-order valence-electron chi connectivity index (χ3n) is 3.27. The molecular weight excluding hydrogens is 208 g/mol. The molecule has 2 aliphatic rings. The summed E-state index contributed by atoms with van der Waals surface area (Å²) in [5.41, 5.74) is 0. The molecule has 0 bridgehead atoms. The van der Waals surface area contributed by atoms with Gasteiger partial charge in [-0.05, 0) is 13.3 Å². The van der Waals surface area contributed by atoms with Crippen LogP contribution in [0.5, 0.6) is 0 Å². The maximum absolute atomic E-state index is 12.2. The highest BCUT2D eigenvalue weighted by Crippen LogP contribution is 2.17. The van der Waals surface area contributed by atoms with Gasteiger partial charge < -0.3 is 15.0 Å². The molecular formula is C11H18N2O3. The Balaban J connectivity index is 1.93. The maximum Gasteiger partial charge on any atom is 0.227 e. The topological polar surface area (TPSA) is 58.6 Å². The van der Waals surface area contributed by atoms with Crippen LogP contribution < -0.4 is 5.32 Å². The Hall–Kier alpha value is -1.10. The number of rotatable bonds is 1. The van der Waals surface area contributed by atoms with Gasteiger partial charge in [-0.15, -0.1) is 0 Å². The van der Waals surface area contributed by atoms with E-state index in [1.165, 1.54) is 0 Å². The normalized spacial score (nSPS) is 31.1. The molecule has 0 aromatic heterocycles. The number of carbonyl (C=O) groups is 2. The van der Waals surface area contributed by atoms with Crippen LogP contribution >= 0.6 is 0 Å². The standard InChI is InChI=1S/C11H18N2O3/c1-8-7-16-5-4-13(8)11(15)9-2-3-10(14)12-6-9/h8-9H,2-7H2,1H3,(H,12,14). The number of amides is 2. The van der Waals surface area contributed by atoms with E-state index < -0.39 is 0 Å². The molecule has 5 nitrogen and oxygen atoms in total. The van der Waals surface area contributed by atoms with E-state index in [1.807, 2.05) is 11.8 Å². The SMILES string of the molecule is CC1COCCN1C(=O)C1CCC(=O)NC1. The van der Waals surface area contributed by atoms with Gasteiger partial charge in [-0.3, -0.25) is 9.59 Å². The zero-order valence-electron chi connectivity index (χ0n) is 9.57. The Kier molecular flexibility index (Phi) is 3.43. The monoisotopic (exact) mass is 226 g/mol. The lowest BCUT2D eigenvalue weighted by Crippen LogP contribution is -2.52. The zero-order chi connectivity index (χ0) is 11.5. The van der Waals surface area contributed by atoms with Gasteiger partial charge in [0.2, 0.25) is 11.8 Å². The number of hydrogen-bond acceptors (Lipinski definition) is 3. The number of piperidine rings is 1. The van der Waals surface area contributed by atoms with Gasteiger partial charge in [0.05, 0.1) is 25.2 Å². The Morgan fingerprint density at radius 1 is 1.56 bits per heavy atom. The van der Waals surface area contributed by atoms with Crippen LogP contribution in [0.25, 0.3) is 0 Å². The fraction of sp³-hybridized carbons (Fsp3) is 0.818. The zero-order valence-corrected chi connectivity index (χ0v) is 9.57. The second kappa shape index (κ2) is 4.82. The number of nitrogens with one attached hydrogen (secondary N) is 1. The molecule has 0 spiro atoms. The van der Waals surface area contributed by atoms with Crippen LogP contribution in [0, 0.1) is 5.92 Å². The molecule has 90 valence electrons. The molecule has 0 saturated carbocycles. The molecule has 2 heterocycles. The fourth-order valence-corrected chi connectivity index (χ4v) is 2.23. The minimum Gasteiger partial charge on any atom is -0.377 e. The first-order valence-electron chi connectivity index (χ1n) is 5.83. The molecule has 0 aromatic rings. The first kappa shape index (κ1) is 11.4. The van der Waals surface area contributed by atoms with Crippen molar-refractivity contribution in [1.29, 1.82) is 0 Å². The highest BCUT2D eigenvalue weighted by Gasteiger charge is 2.31. The lowest BCUT2D eigenvalue weighted by atomic mass is 9.97. The molecule has 16 heavy (non-hydrogen) atoms. The van der Waals surface area contributed by atoms with Gasteiger partial charge >= 0.3 is 0 Å². The van der Waals surface area contributed by atoms with Crippen molar-refractivity contribution in [1.82, 2.24) is 10.2 Å². The van der Waals surface area contributed by atoms with Crippen molar-refractivity contribution in [3.05, 3.63) is 0 Å². The highest BCUT2D eigenvalue weighted by molar-refractivity contribution is 5.84. The molecule has 5 heteroatoms. The molecule has 2 rings (SSSR count). The second-order valence-electron chi connectivity index (χ2n) is 4.50. The van der Waals surface area contributed by atoms with Crippen molar-refractivity contribution in [3.8, 4) is 0 Å². The van der Waals surface area contributed by atoms with Gasteiger partial charge in [-0.1, -0.05) is 0 Å². The van der Waals surface area contributed by atoms with Gasteiger partial charge in [0.15, 0.2) is 0 Å². The van der Waals surface area contributed by atoms with Crippen molar-refractivity contribution in [3.63, 3.8) is 0 Å². The molecule has 1 N–H and O–H groups in total. The predicted molar refractivity (Wildman–Crippen MR) is 57.7 cm³/mol. The first-order valence-corrected chi connectivity index (χ1v) is 5.83. The van der Waals surface area contributed by atoms with E-state index >= 15 is 0 Å². The molecule has 2 atom stereocenters. The number of morpholine rings is 1. The molecule has 2 amide bonds. The maximum atomic E-state index is 12.2. The minimum absolute atomic E-state index is 0.0433. The third kappa shape index (κ3) is 2.35. The smallest absolute Gasteiger partial charge is 0.227 e. The van der Waals surface area contributed by atoms with Crippen LogP contribution in [0.1, 0.15) is 19.8 Å². The van der Waals surface area contributed by atoms with Crippen molar-refractivity contribution >= 4 is 11.8 Å². The summed E-state index contributed by atoms with van der Waals surface area (Å²) in [4.78, 5) is 25.1. The Bertz CT molecular complexity index is 283. The summed E-state index contributed by atoms with van der Waals surface area (Å²) in [6.07, 6.45) is 1.14. The summed E-state index contributed by atoms with van der Waals surface area (Å²) in [7, 11) is 0. The Morgan fingerprint density at radius 2 is 2.38 bits per heavy atom. The van der Waals surface area contributed by atoms with Gasteiger partial charge in [0.1, 0.15) is 0 Å². The minimum atomic E-state index is -0.0433. The van der Waals surface area contributed by atoms with Crippen LogP contribution in [-0.2, 0) is 14.3 Å². The third-order valence-corrected chi connectivity index (χ3v) is 3.27. The molecule has 0 aliphatic carbocycles. The van der Waals surface area contributed by atoms with E-state index in [0.717, 1.165) is 0 Å². The van der Waals surface area contributed by atoms with E-state index in [0.29, 0.717) is 39.1 Å². The lowest BCUT2D eigenvalue weighted by molar-refractivity contribution is -0.144. The molecule has 2 fully saturated rings. The van der Waals surface area contributed by atoms with Gasteiger partial charge in [0.25, 0.3) is 0 Å². The van der Waals surface area contributed by atoms with E-state index in [2.05, 4.69) is 5.32 Å². The summed E-state index contributed by atoms with van der Waals surface area (Å²) in [6.45, 7) is 4.39. The number of carbonyl (C=O) groups excluding carboxylic acids is 2. The quantitative estimate of drug-likeness (QED) is 0.671. The highest BCUT2D eigenvalue weighted by atomic mass is 16.5. The van der Waals surface area contributed by atoms with Crippen LogP contribution in [0.15, 0.2) is 0 Å². The second-order valence-corrected chi connectivity index (χ2v) is 4.50. The van der Waals surface area contributed by atoms with Crippen molar-refractivity contribution in [2.24, 2.45) is 5.92 Å². The number of nitrogens with zero attached hydrogens (tertiary/aromatic N) is 1. The molecule has 2 unspecified atom stereocenters. The summed E-state index contributed by atoms with van der Waals surface area (Å²) >= 11 is 0. The van der Waals surface area contributed by atoms with Crippen LogP contribution in [0.2, 0.25) is 0 Å². The number of ether oxygens (including phenoxy) is 1. The van der Waals surface area contributed by atoms with Gasteiger partial charge in [-0.25, -0.2) is 0 Å². The van der Waals surface area contributed by atoms with Crippen LogP contribution in [0.3, 0.4) is 0 Å². The molecule has 2 saturated heterocycles. The van der Waals surface area contributed by atoms with E-state index in [-0.39, 0.29) is 23.8 Å². The van der Waals surface area contributed by atoms with Crippen molar-refractivity contribution in [2.75, 3.05) is 26.3 Å². The summed E-state index contributed by atoms with van der Waals surface area (Å²) in [5.74, 6) is 0.174.